The quantitative estimate of drug-likeness (QED) is 0.802. The van der Waals surface area contributed by atoms with Gasteiger partial charge in [-0.25, -0.2) is 4.68 Å². The van der Waals surface area contributed by atoms with E-state index in [2.05, 4.69) is 24.3 Å². The SMILES string of the molecule is COc1c(CNC(C(=O)N(C)C)c2ccccc2)c(C(C)C)nn1C.Cl. The Bertz CT molecular complexity index is 714. The second kappa shape index (κ2) is 9.59. The van der Waals surface area contributed by atoms with Gasteiger partial charge in [-0.15, -0.1) is 12.4 Å². The Balaban J connectivity index is 0.00000338. The molecule has 0 spiro atoms. The number of methoxy groups -OCH3 is 1. The molecule has 0 saturated heterocycles. The number of hydrogen-bond acceptors (Lipinski definition) is 4. The molecule has 0 radical (unpaired) electrons. The third-order valence-electron chi connectivity index (χ3n) is 4.16. The van der Waals surface area contributed by atoms with Crippen molar-refractivity contribution in [2.24, 2.45) is 7.05 Å². The molecule has 1 N–H and O–H groups in total. The summed E-state index contributed by atoms with van der Waals surface area (Å²) in [5.74, 6) is 1.01. The minimum Gasteiger partial charge on any atom is -0.481 e. The van der Waals surface area contributed by atoms with Gasteiger partial charge in [-0.05, 0) is 11.5 Å². The number of ether oxygens (including phenoxy) is 1. The minimum absolute atomic E-state index is 0. The van der Waals surface area contributed by atoms with E-state index in [0.29, 0.717) is 6.54 Å². The zero-order valence-corrected chi connectivity index (χ0v) is 17.1. The van der Waals surface area contributed by atoms with Gasteiger partial charge < -0.3 is 9.64 Å². The van der Waals surface area contributed by atoms with Crippen molar-refractivity contribution >= 4 is 18.3 Å². The summed E-state index contributed by atoms with van der Waals surface area (Å²) in [4.78, 5) is 14.3. The summed E-state index contributed by atoms with van der Waals surface area (Å²) in [6, 6.07) is 9.34. The van der Waals surface area contributed by atoms with Gasteiger partial charge >= 0.3 is 0 Å². The highest BCUT2D eigenvalue weighted by Crippen LogP contribution is 2.28. The minimum atomic E-state index is -0.416. The summed E-state index contributed by atoms with van der Waals surface area (Å²) in [5, 5.41) is 7.96. The average molecular weight is 381 g/mol. The van der Waals surface area contributed by atoms with Crippen molar-refractivity contribution in [2.75, 3.05) is 21.2 Å². The molecule has 144 valence electrons. The number of hydrogen-bond donors (Lipinski definition) is 1. The van der Waals surface area contributed by atoms with Gasteiger partial charge in [0.1, 0.15) is 6.04 Å². The smallest absolute Gasteiger partial charge is 0.243 e. The average Bonchev–Trinajstić information content (AvgIpc) is 2.91. The van der Waals surface area contributed by atoms with E-state index < -0.39 is 6.04 Å². The molecule has 0 bridgehead atoms. The van der Waals surface area contributed by atoms with Crippen molar-refractivity contribution in [3.63, 3.8) is 0 Å². The molecule has 26 heavy (non-hydrogen) atoms. The molecule has 0 aliphatic heterocycles. The fourth-order valence-electron chi connectivity index (χ4n) is 2.91. The van der Waals surface area contributed by atoms with Crippen LogP contribution in [0.15, 0.2) is 30.3 Å². The van der Waals surface area contributed by atoms with Gasteiger partial charge in [0.2, 0.25) is 11.8 Å². The maximum atomic E-state index is 12.7. The van der Waals surface area contributed by atoms with Crippen LogP contribution in [0, 0.1) is 0 Å². The number of halogens is 1. The van der Waals surface area contributed by atoms with Gasteiger partial charge in [0.25, 0.3) is 0 Å². The van der Waals surface area contributed by atoms with Gasteiger partial charge in [0.05, 0.1) is 18.4 Å². The molecule has 0 fully saturated rings. The molecule has 2 rings (SSSR count). The molecule has 1 aromatic heterocycles. The van der Waals surface area contributed by atoms with E-state index in [1.807, 2.05) is 37.4 Å². The van der Waals surface area contributed by atoms with E-state index in [9.17, 15) is 4.79 Å². The molecule has 0 saturated carbocycles. The van der Waals surface area contributed by atoms with Crippen molar-refractivity contribution in [3.05, 3.63) is 47.2 Å². The van der Waals surface area contributed by atoms with Crippen LogP contribution in [0.25, 0.3) is 0 Å². The molecule has 7 heteroatoms. The van der Waals surface area contributed by atoms with Crippen LogP contribution in [0.5, 0.6) is 5.88 Å². The number of amides is 1. The van der Waals surface area contributed by atoms with Crippen LogP contribution in [-0.2, 0) is 18.4 Å². The first kappa shape index (κ1) is 22.0. The molecule has 0 aliphatic rings. The van der Waals surface area contributed by atoms with Crippen LogP contribution in [0.3, 0.4) is 0 Å². The number of aromatic nitrogens is 2. The molecule has 0 aliphatic carbocycles. The van der Waals surface area contributed by atoms with Crippen molar-refractivity contribution in [1.29, 1.82) is 0 Å². The second-order valence-electron chi connectivity index (χ2n) is 6.61. The molecule has 1 atom stereocenters. The first-order chi connectivity index (χ1) is 11.9. The predicted octanol–water partition coefficient (Wildman–Crippen LogP) is 2.89. The predicted molar refractivity (Wildman–Crippen MR) is 106 cm³/mol. The van der Waals surface area contributed by atoms with E-state index in [4.69, 9.17) is 4.74 Å². The Morgan fingerprint density at radius 3 is 2.38 bits per heavy atom. The van der Waals surface area contributed by atoms with Crippen LogP contribution in [-0.4, -0.2) is 41.8 Å². The standard InChI is InChI=1S/C19H28N4O2.ClH/c1-13(2)16-15(19(25-6)23(5)21-16)12-20-17(18(24)22(3)4)14-10-8-7-9-11-14;/h7-11,13,17,20H,12H2,1-6H3;1H. The molecule has 1 unspecified atom stereocenters. The van der Waals surface area contributed by atoms with Crippen LogP contribution in [0.2, 0.25) is 0 Å². The Kier molecular flexibility index (Phi) is 8.11. The Labute approximate surface area is 161 Å². The summed E-state index contributed by atoms with van der Waals surface area (Å²) >= 11 is 0. The van der Waals surface area contributed by atoms with Crippen LogP contribution >= 0.6 is 12.4 Å². The highest BCUT2D eigenvalue weighted by Gasteiger charge is 2.25. The zero-order valence-electron chi connectivity index (χ0n) is 16.3. The number of carbonyl (C=O) groups excluding carboxylic acids is 1. The largest absolute Gasteiger partial charge is 0.481 e. The lowest BCUT2D eigenvalue weighted by Gasteiger charge is -2.22. The summed E-state index contributed by atoms with van der Waals surface area (Å²) in [7, 11) is 7.05. The third kappa shape index (κ3) is 4.77. The van der Waals surface area contributed by atoms with Gasteiger partial charge in [-0.3, -0.25) is 10.1 Å². The normalized spacial score (nSPS) is 11.8. The van der Waals surface area contributed by atoms with Crippen molar-refractivity contribution < 1.29 is 9.53 Å². The maximum absolute atomic E-state index is 12.7. The van der Waals surface area contributed by atoms with E-state index in [1.54, 1.807) is 30.8 Å². The van der Waals surface area contributed by atoms with E-state index in [-0.39, 0.29) is 24.2 Å². The lowest BCUT2D eigenvalue weighted by molar-refractivity contribution is -0.131. The number of benzene rings is 1. The topological polar surface area (TPSA) is 59.4 Å². The highest BCUT2D eigenvalue weighted by atomic mass is 35.5. The summed E-state index contributed by atoms with van der Waals surface area (Å²) in [6.07, 6.45) is 0. The number of rotatable bonds is 7. The lowest BCUT2D eigenvalue weighted by atomic mass is 10.0. The van der Waals surface area contributed by atoms with Crippen molar-refractivity contribution in [2.45, 2.75) is 32.4 Å². The molecule has 1 aromatic carbocycles. The summed E-state index contributed by atoms with van der Waals surface area (Å²) < 4.78 is 7.27. The number of nitrogens with zero attached hydrogens (tertiary/aromatic N) is 3. The fraction of sp³-hybridized carbons (Fsp3) is 0.474. The first-order valence-electron chi connectivity index (χ1n) is 8.46. The summed E-state index contributed by atoms with van der Waals surface area (Å²) in [5.41, 5.74) is 2.92. The third-order valence-corrected chi connectivity index (χ3v) is 4.16. The van der Waals surface area contributed by atoms with Gasteiger partial charge in [-0.2, -0.15) is 5.10 Å². The van der Waals surface area contributed by atoms with E-state index >= 15 is 0 Å². The molecular weight excluding hydrogens is 352 g/mol. The van der Waals surface area contributed by atoms with E-state index in [0.717, 1.165) is 22.7 Å². The molecular formula is C19H29ClN4O2. The van der Waals surface area contributed by atoms with Crippen LogP contribution in [0.1, 0.15) is 42.6 Å². The van der Waals surface area contributed by atoms with Gasteiger partial charge in [0, 0.05) is 27.7 Å². The fourth-order valence-corrected chi connectivity index (χ4v) is 2.91. The van der Waals surface area contributed by atoms with Gasteiger partial charge in [0.15, 0.2) is 0 Å². The van der Waals surface area contributed by atoms with Gasteiger partial charge in [-0.1, -0.05) is 44.2 Å². The van der Waals surface area contributed by atoms with Crippen molar-refractivity contribution in [3.8, 4) is 5.88 Å². The number of nitrogens with one attached hydrogen (secondary N) is 1. The number of aryl methyl sites for hydroxylation is 1. The van der Waals surface area contributed by atoms with E-state index in [1.165, 1.54) is 0 Å². The monoisotopic (exact) mass is 380 g/mol. The highest BCUT2D eigenvalue weighted by molar-refractivity contribution is 5.85. The molecule has 2 aromatic rings. The zero-order chi connectivity index (χ0) is 18.6. The summed E-state index contributed by atoms with van der Waals surface area (Å²) in [6.45, 7) is 4.71. The maximum Gasteiger partial charge on any atom is 0.243 e. The number of likely N-dealkylation sites (N-methyl/N-ethyl adjacent to an activating group) is 1. The molecule has 6 nitrogen and oxygen atoms in total. The van der Waals surface area contributed by atoms with Crippen LogP contribution in [0.4, 0.5) is 0 Å². The van der Waals surface area contributed by atoms with Crippen LogP contribution < -0.4 is 10.1 Å². The first-order valence-corrected chi connectivity index (χ1v) is 8.46. The Morgan fingerprint density at radius 2 is 1.88 bits per heavy atom. The Hall–Kier alpha value is -2.05. The Morgan fingerprint density at radius 1 is 1.27 bits per heavy atom. The van der Waals surface area contributed by atoms with Crippen molar-refractivity contribution in [1.82, 2.24) is 20.0 Å². The number of carbonyl (C=O) groups is 1. The second-order valence-corrected chi connectivity index (χ2v) is 6.61. The lowest BCUT2D eigenvalue weighted by Crippen LogP contribution is -2.36. The molecule has 1 heterocycles. The molecule has 1 amide bonds.